The van der Waals surface area contributed by atoms with Crippen LogP contribution in [0, 0.1) is 0 Å². The molecule has 1 saturated heterocycles. The summed E-state index contributed by atoms with van der Waals surface area (Å²) < 4.78 is 5.19. The molecule has 6 nitrogen and oxygen atoms in total. The molecule has 2 N–H and O–H groups in total. The number of hydrogen-bond acceptors (Lipinski definition) is 4. The number of amides is 1. The fraction of sp³-hybridized carbons (Fsp3) is 0.300. The number of nitrogens with one attached hydrogen (secondary N) is 1. The van der Waals surface area contributed by atoms with Gasteiger partial charge in [-0.2, -0.15) is 0 Å². The minimum absolute atomic E-state index is 0.107. The summed E-state index contributed by atoms with van der Waals surface area (Å²) in [5, 5.41) is 12.3. The summed E-state index contributed by atoms with van der Waals surface area (Å²) in [4.78, 5) is 26.0. The average Bonchev–Trinajstić information content (AvgIpc) is 3.05. The average molecular weight is 354 g/mol. The number of carboxylic acid groups (broad SMARTS) is 1. The number of nitrogens with zero attached hydrogens (tertiary/aromatic N) is 1. The zero-order chi connectivity index (χ0) is 18.4. The van der Waals surface area contributed by atoms with Gasteiger partial charge in [-0.3, -0.25) is 4.90 Å². The van der Waals surface area contributed by atoms with Crippen LogP contribution in [0.2, 0.25) is 0 Å². The first-order chi connectivity index (χ1) is 12.6. The lowest BCUT2D eigenvalue weighted by Gasteiger charge is -2.26. The lowest BCUT2D eigenvalue weighted by molar-refractivity contribution is -0.144. The van der Waals surface area contributed by atoms with Crippen molar-refractivity contribution in [2.75, 3.05) is 13.1 Å². The van der Waals surface area contributed by atoms with E-state index in [2.05, 4.69) is 5.32 Å². The Morgan fingerprint density at radius 1 is 1.04 bits per heavy atom. The van der Waals surface area contributed by atoms with E-state index in [1.807, 2.05) is 65.6 Å². The largest absolute Gasteiger partial charge is 0.479 e. The lowest BCUT2D eigenvalue weighted by Crippen LogP contribution is -2.56. The first-order valence-electron chi connectivity index (χ1n) is 8.56. The molecule has 2 aromatic carbocycles. The summed E-state index contributed by atoms with van der Waals surface area (Å²) in [6.07, 6.45) is -0.367. The Hall–Kier alpha value is -2.86. The number of hydrogen-bond donors (Lipinski definition) is 2. The predicted octanol–water partition coefficient (Wildman–Crippen LogP) is 2.64. The maximum atomic E-state index is 12.1. The highest BCUT2D eigenvalue weighted by Gasteiger charge is 2.46. The Kier molecular flexibility index (Phi) is 5.53. The standard InChI is InChI=1S/C20H22N2O4/c23-18(24)20(21-19(25)26-14-17-9-5-2-6-10-17)11-12-22(15-20)13-16-7-3-1-4-8-16/h1-10H,11-15H2,(H,21,25)(H,23,24)/t20-/m0/s1. The normalized spacial score (nSPS) is 19.8. The van der Waals surface area contributed by atoms with Crippen molar-refractivity contribution in [1.82, 2.24) is 10.2 Å². The van der Waals surface area contributed by atoms with Crippen LogP contribution in [-0.4, -0.2) is 40.7 Å². The van der Waals surface area contributed by atoms with Gasteiger partial charge in [-0.25, -0.2) is 9.59 Å². The Morgan fingerprint density at radius 2 is 1.65 bits per heavy atom. The van der Waals surface area contributed by atoms with E-state index in [4.69, 9.17) is 4.74 Å². The number of rotatable bonds is 6. The molecule has 1 aliphatic heterocycles. The molecule has 6 heteroatoms. The lowest BCUT2D eigenvalue weighted by atomic mass is 9.99. The number of likely N-dealkylation sites (tertiary alicyclic amines) is 1. The van der Waals surface area contributed by atoms with E-state index >= 15 is 0 Å². The summed E-state index contributed by atoms with van der Waals surface area (Å²) in [7, 11) is 0. The SMILES string of the molecule is O=C(N[C@@]1(C(=O)O)CCN(Cc2ccccc2)C1)OCc1ccccc1. The number of ether oxygens (including phenoxy) is 1. The summed E-state index contributed by atoms with van der Waals surface area (Å²) in [6.45, 7) is 1.60. The molecule has 0 saturated carbocycles. The van der Waals surface area contributed by atoms with E-state index in [-0.39, 0.29) is 13.2 Å². The van der Waals surface area contributed by atoms with Crippen molar-refractivity contribution in [3.8, 4) is 0 Å². The maximum Gasteiger partial charge on any atom is 0.408 e. The molecule has 3 rings (SSSR count). The summed E-state index contributed by atoms with van der Waals surface area (Å²) >= 11 is 0. The fourth-order valence-corrected chi connectivity index (χ4v) is 3.15. The minimum atomic E-state index is -1.32. The molecule has 0 spiro atoms. The van der Waals surface area contributed by atoms with Gasteiger partial charge in [0.2, 0.25) is 0 Å². The Morgan fingerprint density at radius 3 is 2.27 bits per heavy atom. The van der Waals surface area contributed by atoms with Gasteiger partial charge in [0.05, 0.1) is 0 Å². The fourth-order valence-electron chi connectivity index (χ4n) is 3.15. The number of carbonyl (C=O) groups is 2. The zero-order valence-electron chi connectivity index (χ0n) is 14.4. The van der Waals surface area contributed by atoms with Crippen molar-refractivity contribution in [3.05, 3.63) is 71.8 Å². The van der Waals surface area contributed by atoms with Crippen LogP contribution in [0.4, 0.5) is 4.79 Å². The molecule has 0 radical (unpaired) electrons. The summed E-state index contributed by atoms with van der Waals surface area (Å²) in [6, 6.07) is 19.1. The van der Waals surface area contributed by atoms with E-state index in [1.54, 1.807) is 0 Å². The van der Waals surface area contributed by atoms with Crippen molar-refractivity contribution in [2.45, 2.75) is 25.1 Å². The number of aliphatic carboxylic acids is 1. The second-order valence-corrected chi connectivity index (χ2v) is 6.52. The van der Waals surface area contributed by atoms with Crippen LogP contribution in [0.1, 0.15) is 17.5 Å². The third-order valence-electron chi connectivity index (χ3n) is 4.56. The molecule has 1 heterocycles. The third kappa shape index (κ3) is 4.40. The van der Waals surface area contributed by atoms with Crippen LogP contribution in [0.15, 0.2) is 60.7 Å². The van der Waals surface area contributed by atoms with Crippen molar-refractivity contribution in [3.63, 3.8) is 0 Å². The van der Waals surface area contributed by atoms with Crippen molar-refractivity contribution < 1.29 is 19.4 Å². The van der Waals surface area contributed by atoms with Crippen LogP contribution in [0.25, 0.3) is 0 Å². The Bertz CT molecular complexity index is 751. The minimum Gasteiger partial charge on any atom is -0.479 e. The topological polar surface area (TPSA) is 78.9 Å². The van der Waals surface area contributed by atoms with Crippen molar-refractivity contribution in [1.29, 1.82) is 0 Å². The molecule has 1 atom stereocenters. The molecule has 136 valence electrons. The van der Waals surface area contributed by atoms with Crippen LogP contribution < -0.4 is 5.32 Å². The summed E-state index contributed by atoms with van der Waals surface area (Å²) in [5.74, 6) is -1.04. The molecule has 0 unspecified atom stereocenters. The van der Waals surface area contributed by atoms with Gasteiger partial charge in [0.25, 0.3) is 0 Å². The van der Waals surface area contributed by atoms with Crippen LogP contribution >= 0.6 is 0 Å². The molecule has 0 bridgehead atoms. The monoisotopic (exact) mass is 354 g/mol. The molecule has 0 aromatic heterocycles. The van der Waals surface area contributed by atoms with Crippen LogP contribution in [0.3, 0.4) is 0 Å². The van der Waals surface area contributed by atoms with Gasteiger partial charge in [-0.15, -0.1) is 0 Å². The van der Waals surface area contributed by atoms with Gasteiger partial charge in [-0.05, 0) is 17.5 Å². The van der Waals surface area contributed by atoms with Crippen LogP contribution in [-0.2, 0) is 22.7 Å². The molecular formula is C20H22N2O4. The van der Waals surface area contributed by atoms with E-state index < -0.39 is 17.6 Å². The number of alkyl carbamates (subject to hydrolysis) is 1. The molecular weight excluding hydrogens is 332 g/mol. The molecule has 26 heavy (non-hydrogen) atoms. The Labute approximate surface area is 152 Å². The first kappa shape index (κ1) is 17.9. The Balaban J connectivity index is 1.58. The molecule has 0 aliphatic carbocycles. The first-order valence-corrected chi connectivity index (χ1v) is 8.56. The third-order valence-corrected chi connectivity index (χ3v) is 4.56. The van der Waals surface area contributed by atoms with E-state index in [0.29, 0.717) is 19.5 Å². The van der Waals surface area contributed by atoms with Gasteiger partial charge in [-0.1, -0.05) is 60.7 Å². The quantitative estimate of drug-likeness (QED) is 0.834. The number of carboxylic acids is 1. The molecule has 1 aliphatic rings. The van der Waals surface area contributed by atoms with Gasteiger partial charge < -0.3 is 15.2 Å². The van der Waals surface area contributed by atoms with Gasteiger partial charge in [0.15, 0.2) is 5.54 Å². The number of benzene rings is 2. The van der Waals surface area contributed by atoms with Gasteiger partial charge >= 0.3 is 12.1 Å². The predicted molar refractivity (Wildman–Crippen MR) is 96.5 cm³/mol. The second kappa shape index (κ2) is 8.01. The van der Waals surface area contributed by atoms with Crippen LogP contribution in [0.5, 0.6) is 0 Å². The van der Waals surface area contributed by atoms with Crippen molar-refractivity contribution >= 4 is 12.1 Å². The van der Waals surface area contributed by atoms with Crippen molar-refractivity contribution in [2.24, 2.45) is 0 Å². The van der Waals surface area contributed by atoms with E-state index in [0.717, 1.165) is 11.1 Å². The number of carbonyl (C=O) groups excluding carboxylic acids is 1. The highest BCUT2D eigenvalue weighted by Crippen LogP contribution is 2.24. The summed E-state index contributed by atoms with van der Waals surface area (Å²) in [5.41, 5.74) is 0.646. The second-order valence-electron chi connectivity index (χ2n) is 6.52. The highest BCUT2D eigenvalue weighted by molar-refractivity contribution is 5.85. The van der Waals surface area contributed by atoms with Gasteiger partial charge in [0, 0.05) is 19.6 Å². The van der Waals surface area contributed by atoms with E-state index in [1.165, 1.54) is 0 Å². The molecule has 1 fully saturated rings. The smallest absolute Gasteiger partial charge is 0.408 e. The molecule has 1 amide bonds. The maximum absolute atomic E-state index is 12.1. The highest BCUT2D eigenvalue weighted by atomic mass is 16.5. The van der Waals surface area contributed by atoms with Gasteiger partial charge in [0.1, 0.15) is 6.61 Å². The molecule has 2 aromatic rings. The zero-order valence-corrected chi connectivity index (χ0v) is 14.4. The van der Waals surface area contributed by atoms with E-state index in [9.17, 15) is 14.7 Å².